The van der Waals surface area contributed by atoms with Crippen LogP contribution in [0.2, 0.25) is 0 Å². The topological polar surface area (TPSA) is 13.8 Å². The van der Waals surface area contributed by atoms with Crippen molar-refractivity contribution in [2.45, 2.75) is 24.9 Å². The first-order valence-corrected chi connectivity index (χ1v) is 10.8. The number of hydrogen-bond donors (Lipinski definition) is 2. The van der Waals surface area contributed by atoms with Gasteiger partial charge in [0.15, 0.2) is 0 Å². The van der Waals surface area contributed by atoms with Crippen LogP contribution in [0.1, 0.15) is 45.7 Å². The lowest BCUT2D eigenvalue weighted by Gasteiger charge is -2.35. The van der Waals surface area contributed by atoms with Gasteiger partial charge in [0.2, 0.25) is 0 Å². The van der Waals surface area contributed by atoms with E-state index < -0.39 is 0 Å². The number of halogens is 2. The molecule has 1 aromatic heterocycles. The summed E-state index contributed by atoms with van der Waals surface area (Å²) in [6.07, 6.45) is 1.91. The van der Waals surface area contributed by atoms with Gasteiger partial charge in [0.25, 0.3) is 0 Å². The standard InChI is InChI=1S/C25H27F2N3/c1-28-14-12-20-22(24(28)16-8-4-6-10-18(16)26)23-21(30(20)3)13-15-29(2)25(23)17-9-5-7-11-19(17)27/h4-11,24-25H,12-15H2,1-3H3/p+2/t24-,25-/m0/s1. The van der Waals surface area contributed by atoms with E-state index in [0.29, 0.717) is 0 Å². The molecule has 3 aromatic rings. The Labute approximate surface area is 176 Å². The quantitative estimate of drug-likeness (QED) is 0.639. The van der Waals surface area contributed by atoms with Gasteiger partial charge in [0.1, 0.15) is 23.7 Å². The second kappa shape index (κ2) is 7.33. The second-order valence-electron chi connectivity index (χ2n) is 8.88. The van der Waals surface area contributed by atoms with E-state index in [1.807, 2.05) is 24.3 Å². The first-order valence-electron chi connectivity index (χ1n) is 10.8. The third kappa shape index (κ3) is 2.83. The normalized spacial score (nSPS) is 25.6. The number of fused-ring (bicyclic) bond motifs is 3. The van der Waals surface area contributed by atoms with Crippen LogP contribution >= 0.6 is 0 Å². The lowest BCUT2D eigenvalue weighted by molar-refractivity contribution is -0.912. The van der Waals surface area contributed by atoms with Crippen molar-refractivity contribution >= 4 is 0 Å². The molecule has 0 bridgehead atoms. The molecule has 2 aliphatic heterocycles. The first-order chi connectivity index (χ1) is 14.5. The fourth-order valence-corrected chi connectivity index (χ4v) is 5.76. The summed E-state index contributed by atoms with van der Waals surface area (Å²) in [5.41, 5.74) is 6.48. The van der Waals surface area contributed by atoms with E-state index >= 15 is 0 Å². The summed E-state index contributed by atoms with van der Waals surface area (Å²) >= 11 is 0. The summed E-state index contributed by atoms with van der Waals surface area (Å²) in [7, 11) is 6.43. The number of nitrogens with zero attached hydrogens (tertiary/aromatic N) is 1. The maximum absolute atomic E-state index is 15.0. The van der Waals surface area contributed by atoms with Crippen LogP contribution in [0.4, 0.5) is 8.78 Å². The molecule has 0 amide bonds. The minimum Gasteiger partial charge on any atom is -0.350 e. The molecular formula is C25H29F2N3+2. The zero-order valence-corrected chi connectivity index (χ0v) is 17.8. The maximum Gasteiger partial charge on any atom is 0.144 e. The van der Waals surface area contributed by atoms with Crippen molar-refractivity contribution in [1.82, 2.24) is 4.57 Å². The third-order valence-corrected chi connectivity index (χ3v) is 7.23. The Balaban J connectivity index is 1.79. The van der Waals surface area contributed by atoms with Crippen molar-refractivity contribution in [2.75, 3.05) is 27.2 Å². The van der Waals surface area contributed by atoms with Crippen molar-refractivity contribution in [3.63, 3.8) is 0 Å². The van der Waals surface area contributed by atoms with Crippen molar-refractivity contribution in [2.24, 2.45) is 7.05 Å². The number of quaternary nitrogens is 2. The van der Waals surface area contributed by atoms with Crippen molar-refractivity contribution in [3.8, 4) is 0 Å². The Hall–Kier alpha value is -2.50. The lowest BCUT2D eigenvalue weighted by atomic mass is 9.83. The predicted octanol–water partition coefficient (Wildman–Crippen LogP) is 1.62. The van der Waals surface area contributed by atoms with Gasteiger partial charge in [-0.25, -0.2) is 8.78 Å². The zero-order chi connectivity index (χ0) is 21.0. The van der Waals surface area contributed by atoms with Gasteiger partial charge in [-0.3, -0.25) is 0 Å². The van der Waals surface area contributed by atoms with Crippen LogP contribution in [0.3, 0.4) is 0 Å². The average molecular weight is 410 g/mol. The van der Waals surface area contributed by atoms with Crippen LogP contribution in [0, 0.1) is 11.6 Å². The van der Waals surface area contributed by atoms with Gasteiger partial charge < -0.3 is 14.4 Å². The van der Waals surface area contributed by atoms with Crippen LogP contribution in [0.25, 0.3) is 0 Å². The SMILES string of the molecule is Cn1c2c(c3c1CC[NH+](C)[C@H]3c1ccccc1F)[C@H](c1ccccc1F)[NH+](C)CC2. The number of nitrogens with one attached hydrogen (secondary N) is 2. The van der Waals surface area contributed by atoms with Crippen LogP contribution < -0.4 is 9.80 Å². The summed E-state index contributed by atoms with van der Waals surface area (Å²) in [5, 5.41) is 0. The van der Waals surface area contributed by atoms with Gasteiger partial charge in [-0.1, -0.05) is 24.3 Å². The molecule has 0 radical (unpaired) electrons. The van der Waals surface area contributed by atoms with Crippen molar-refractivity contribution in [3.05, 3.63) is 93.8 Å². The summed E-state index contributed by atoms with van der Waals surface area (Å²) in [4.78, 5) is 2.58. The van der Waals surface area contributed by atoms with E-state index in [2.05, 4.69) is 25.7 Å². The Kier molecular flexibility index (Phi) is 4.75. The van der Waals surface area contributed by atoms with Gasteiger partial charge in [0.05, 0.1) is 27.2 Å². The van der Waals surface area contributed by atoms with Gasteiger partial charge in [-0.05, 0) is 24.3 Å². The number of aromatic nitrogens is 1. The van der Waals surface area contributed by atoms with Crippen LogP contribution in [-0.4, -0.2) is 31.8 Å². The van der Waals surface area contributed by atoms with E-state index in [0.717, 1.165) is 37.1 Å². The number of hydrogen-bond acceptors (Lipinski definition) is 0. The fraction of sp³-hybridized carbons (Fsp3) is 0.360. The molecule has 2 aliphatic rings. The molecule has 2 unspecified atom stereocenters. The third-order valence-electron chi connectivity index (χ3n) is 7.23. The molecule has 5 rings (SSSR count). The van der Waals surface area contributed by atoms with E-state index in [4.69, 9.17) is 0 Å². The molecule has 2 N–H and O–H groups in total. The molecule has 0 aliphatic carbocycles. The molecule has 156 valence electrons. The van der Waals surface area contributed by atoms with E-state index in [-0.39, 0.29) is 23.7 Å². The molecular weight excluding hydrogens is 380 g/mol. The molecule has 0 saturated heterocycles. The lowest BCUT2D eigenvalue weighted by Crippen LogP contribution is -3.11. The monoisotopic (exact) mass is 409 g/mol. The van der Waals surface area contributed by atoms with Crippen LogP contribution in [0.15, 0.2) is 48.5 Å². The molecule has 30 heavy (non-hydrogen) atoms. The second-order valence-corrected chi connectivity index (χ2v) is 8.88. The van der Waals surface area contributed by atoms with E-state index in [9.17, 15) is 8.78 Å². The molecule has 0 spiro atoms. The van der Waals surface area contributed by atoms with Crippen molar-refractivity contribution in [1.29, 1.82) is 0 Å². The predicted molar refractivity (Wildman–Crippen MR) is 113 cm³/mol. The first kappa shape index (κ1) is 19.5. The smallest absolute Gasteiger partial charge is 0.144 e. The summed E-state index contributed by atoms with van der Waals surface area (Å²) in [6.45, 7) is 1.91. The highest BCUT2D eigenvalue weighted by atomic mass is 19.1. The highest BCUT2D eigenvalue weighted by Gasteiger charge is 2.44. The molecule has 5 heteroatoms. The Morgan fingerprint density at radius 3 is 1.53 bits per heavy atom. The number of rotatable bonds is 2. The average Bonchev–Trinajstić information content (AvgIpc) is 3.02. The van der Waals surface area contributed by atoms with E-state index in [1.165, 1.54) is 32.3 Å². The highest BCUT2D eigenvalue weighted by Crippen LogP contribution is 2.39. The molecule has 0 saturated carbocycles. The highest BCUT2D eigenvalue weighted by molar-refractivity contribution is 5.50. The van der Waals surface area contributed by atoms with Crippen LogP contribution in [0.5, 0.6) is 0 Å². The molecule has 3 nitrogen and oxygen atoms in total. The Bertz CT molecular complexity index is 1020. The summed E-state index contributed by atoms with van der Waals surface area (Å²) < 4.78 is 32.2. The molecule has 2 aromatic carbocycles. The van der Waals surface area contributed by atoms with Crippen LogP contribution in [-0.2, 0) is 19.9 Å². The maximum atomic E-state index is 15.0. The van der Waals surface area contributed by atoms with Gasteiger partial charge >= 0.3 is 0 Å². The minimum atomic E-state index is -0.161. The Morgan fingerprint density at radius 2 is 1.13 bits per heavy atom. The van der Waals surface area contributed by atoms with E-state index in [1.54, 1.807) is 24.3 Å². The number of benzene rings is 2. The summed E-state index contributed by atoms with van der Waals surface area (Å²) in [5.74, 6) is -0.322. The van der Waals surface area contributed by atoms with Gasteiger partial charge in [-0.2, -0.15) is 0 Å². The van der Waals surface area contributed by atoms with Gasteiger partial charge in [0, 0.05) is 53.5 Å². The van der Waals surface area contributed by atoms with Crippen molar-refractivity contribution < 1.29 is 18.6 Å². The zero-order valence-electron chi connectivity index (χ0n) is 17.8. The number of likely N-dealkylation sites (N-methyl/N-ethyl adjacent to an activating group) is 2. The molecule has 0 fully saturated rings. The fourth-order valence-electron chi connectivity index (χ4n) is 5.76. The Morgan fingerprint density at radius 1 is 0.733 bits per heavy atom. The molecule has 3 heterocycles. The summed E-state index contributed by atoms with van der Waals surface area (Å²) in [6, 6.07) is 14.1. The largest absolute Gasteiger partial charge is 0.350 e. The minimum absolute atomic E-state index is 0.0786. The molecule has 4 atom stereocenters. The van der Waals surface area contributed by atoms with Gasteiger partial charge in [-0.15, -0.1) is 0 Å².